The molecule has 1 atom stereocenters. The minimum atomic E-state index is -5.10. The van der Waals surface area contributed by atoms with Crippen molar-refractivity contribution in [2.45, 2.75) is 37.7 Å². The van der Waals surface area contributed by atoms with Gasteiger partial charge in [0.2, 0.25) is 5.91 Å². The first-order valence-electron chi connectivity index (χ1n) is 7.13. The zero-order chi connectivity index (χ0) is 20.1. The minimum Gasteiger partial charge on any atom is -0.368 e. The highest BCUT2D eigenvalue weighted by Gasteiger charge is 2.37. The third-order valence-electron chi connectivity index (χ3n) is 3.28. The Morgan fingerprint density at radius 2 is 1.58 bits per heavy atom. The lowest BCUT2D eigenvalue weighted by Gasteiger charge is -2.17. The number of hydrogen-bond acceptors (Lipinski definition) is 3. The minimum absolute atomic E-state index is 0.0292. The van der Waals surface area contributed by atoms with Gasteiger partial charge >= 0.3 is 12.4 Å². The van der Waals surface area contributed by atoms with E-state index in [1.165, 1.54) is 0 Å². The first-order chi connectivity index (χ1) is 11.9. The van der Waals surface area contributed by atoms with Gasteiger partial charge in [-0.3, -0.25) is 9.59 Å². The Hall–Kier alpha value is -2.77. The van der Waals surface area contributed by atoms with Gasteiger partial charge in [-0.2, -0.15) is 31.6 Å². The standard InChI is InChI=1S/C15H13F6N3O2/c16-14(17,18)9-5-8(6-10(7-9)15(19,20)21)13(26)24-11(12(23)25)3-1-2-4-22/h5-7,11H,1-3H2,(H2,23,25)(H,24,26)/t11-/m0/s1. The highest BCUT2D eigenvalue weighted by atomic mass is 19.4. The summed E-state index contributed by atoms with van der Waals surface area (Å²) in [7, 11) is 0. The molecule has 0 radical (unpaired) electrons. The molecule has 11 heteroatoms. The van der Waals surface area contributed by atoms with Gasteiger partial charge in [-0.05, 0) is 31.0 Å². The molecule has 0 bridgehead atoms. The SMILES string of the molecule is N#CCCC[C@H](NC(=O)c1cc(C(F)(F)F)cc(C(F)(F)F)c1)C(N)=O. The summed E-state index contributed by atoms with van der Waals surface area (Å²) in [5.41, 5.74) is 0.819. The fourth-order valence-corrected chi connectivity index (χ4v) is 2.00. The number of nitrogens with two attached hydrogens (primary N) is 1. The number of rotatable bonds is 6. The van der Waals surface area contributed by atoms with Gasteiger partial charge in [0.1, 0.15) is 6.04 Å². The number of amides is 2. The monoisotopic (exact) mass is 381 g/mol. The van der Waals surface area contributed by atoms with E-state index in [9.17, 15) is 35.9 Å². The molecule has 0 fully saturated rings. The van der Waals surface area contributed by atoms with Crippen LogP contribution in [-0.4, -0.2) is 17.9 Å². The maximum Gasteiger partial charge on any atom is 0.416 e. The quantitative estimate of drug-likeness (QED) is 0.586. The number of carbonyl (C=O) groups is 2. The third kappa shape index (κ3) is 5.94. The Bertz CT molecular complexity index is 689. The van der Waals surface area contributed by atoms with E-state index in [0.717, 1.165) is 0 Å². The second kappa shape index (κ2) is 8.07. The van der Waals surface area contributed by atoms with E-state index in [2.05, 4.69) is 0 Å². The van der Waals surface area contributed by atoms with Crippen LogP contribution in [0.3, 0.4) is 0 Å². The Labute approximate surface area is 143 Å². The highest BCUT2D eigenvalue weighted by Crippen LogP contribution is 2.36. The number of alkyl halides is 6. The predicted molar refractivity (Wildman–Crippen MR) is 76.4 cm³/mol. The first kappa shape index (κ1) is 21.3. The zero-order valence-electron chi connectivity index (χ0n) is 13.0. The number of primary amides is 1. The van der Waals surface area contributed by atoms with Crippen LogP contribution in [-0.2, 0) is 17.1 Å². The molecular formula is C15H13F6N3O2. The molecule has 0 aliphatic rings. The van der Waals surface area contributed by atoms with Crippen molar-refractivity contribution >= 4 is 11.8 Å². The van der Waals surface area contributed by atoms with Crippen molar-refractivity contribution in [2.75, 3.05) is 0 Å². The van der Waals surface area contributed by atoms with Gasteiger partial charge in [-0.1, -0.05) is 0 Å². The number of benzene rings is 1. The van der Waals surface area contributed by atoms with E-state index in [-0.39, 0.29) is 37.5 Å². The van der Waals surface area contributed by atoms with Crippen molar-refractivity contribution in [3.63, 3.8) is 0 Å². The van der Waals surface area contributed by atoms with Crippen LogP contribution in [0.25, 0.3) is 0 Å². The fraction of sp³-hybridized carbons (Fsp3) is 0.400. The fourth-order valence-electron chi connectivity index (χ4n) is 2.00. The van der Waals surface area contributed by atoms with Crippen LogP contribution in [0.15, 0.2) is 18.2 Å². The maximum absolute atomic E-state index is 12.8. The largest absolute Gasteiger partial charge is 0.416 e. The van der Waals surface area contributed by atoms with E-state index in [4.69, 9.17) is 11.0 Å². The van der Waals surface area contributed by atoms with Crippen molar-refractivity contribution in [3.8, 4) is 6.07 Å². The van der Waals surface area contributed by atoms with Gasteiger partial charge in [0.15, 0.2) is 0 Å². The number of unbranched alkanes of at least 4 members (excludes halogenated alkanes) is 1. The van der Waals surface area contributed by atoms with Crippen molar-refractivity contribution in [3.05, 3.63) is 34.9 Å². The Balaban J connectivity index is 3.17. The molecule has 0 aliphatic heterocycles. The van der Waals surface area contributed by atoms with Crippen LogP contribution >= 0.6 is 0 Å². The van der Waals surface area contributed by atoms with Gasteiger partial charge < -0.3 is 11.1 Å². The molecule has 0 aliphatic carbocycles. The van der Waals surface area contributed by atoms with E-state index < -0.39 is 46.9 Å². The molecule has 0 heterocycles. The number of hydrogen-bond donors (Lipinski definition) is 2. The summed E-state index contributed by atoms with van der Waals surface area (Å²) in [5, 5.41) is 10.4. The number of carbonyl (C=O) groups excluding carboxylic acids is 2. The molecule has 5 nitrogen and oxygen atoms in total. The maximum atomic E-state index is 12.8. The molecule has 1 aromatic carbocycles. The van der Waals surface area contributed by atoms with Crippen molar-refractivity contribution in [1.29, 1.82) is 5.26 Å². The van der Waals surface area contributed by atoms with Crippen LogP contribution in [0.5, 0.6) is 0 Å². The summed E-state index contributed by atoms with van der Waals surface area (Å²) in [6.07, 6.45) is -10.1. The molecule has 0 unspecified atom stereocenters. The smallest absolute Gasteiger partial charge is 0.368 e. The van der Waals surface area contributed by atoms with Crippen LogP contribution < -0.4 is 11.1 Å². The van der Waals surface area contributed by atoms with Crippen LogP contribution in [0.1, 0.15) is 40.7 Å². The van der Waals surface area contributed by atoms with E-state index in [1.54, 1.807) is 6.07 Å². The lowest BCUT2D eigenvalue weighted by Crippen LogP contribution is -2.44. The molecule has 3 N–H and O–H groups in total. The summed E-state index contributed by atoms with van der Waals surface area (Å²) < 4.78 is 76.8. The number of nitriles is 1. The lowest BCUT2D eigenvalue weighted by molar-refractivity contribution is -0.143. The Morgan fingerprint density at radius 3 is 1.96 bits per heavy atom. The number of nitrogens with zero attached hydrogens (tertiary/aromatic N) is 1. The van der Waals surface area contributed by atoms with Crippen molar-refractivity contribution in [2.24, 2.45) is 5.73 Å². The number of nitrogens with one attached hydrogen (secondary N) is 1. The molecule has 142 valence electrons. The van der Waals surface area contributed by atoms with Gasteiger partial charge in [-0.15, -0.1) is 0 Å². The molecular weight excluding hydrogens is 368 g/mol. The van der Waals surface area contributed by atoms with Gasteiger partial charge in [0.25, 0.3) is 5.91 Å². The summed E-state index contributed by atoms with van der Waals surface area (Å²) in [5.74, 6) is -2.35. The van der Waals surface area contributed by atoms with E-state index >= 15 is 0 Å². The van der Waals surface area contributed by atoms with Crippen molar-refractivity contribution < 1.29 is 35.9 Å². The average molecular weight is 381 g/mol. The molecule has 26 heavy (non-hydrogen) atoms. The van der Waals surface area contributed by atoms with E-state index in [0.29, 0.717) is 0 Å². The van der Waals surface area contributed by atoms with Crippen LogP contribution in [0, 0.1) is 11.3 Å². The highest BCUT2D eigenvalue weighted by molar-refractivity contribution is 5.97. The number of halogens is 6. The molecule has 0 saturated heterocycles. The van der Waals surface area contributed by atoms with Gasteiger partial charge in [0, 0.05) is 12.0 Å². The second-order valence-corrected chi connectivity index (χ2v) is 5.27. The molecule has 0 saturated carbocycles. The van der Waals surface area contributed by atoms with Gasteiger partial charge in [0.05, 0.1) is 17.2 Å². The normalized spacial score (nSPS) is 13.0. The first-order valence-corrected chi connectivity index (χ1v) is 7.13. The van der Waals surface area contributed by atoms with E-state index in [1.807, 2.05) is 5.32 Å². The second-order valence-electron chi connectivity index (χ2n) is 5.27. The van der Waals surface area contributed by atoms with Gasteiger partial charge in [-0.25, -0.2) is 0 Å². The third-order valence-corrected chi connectivity index (χ3v) is 3.28. The zero-order valence-corrected chi connectivity index (χ0v) is 13.0. The summed E-state index contributed by atoms with van der Waals surface area (Å²) in [4.78, 5) is 23.3. The molecule has 2 amide bonds. The van der Waals surface area contributed by atoms with Crippen molar-refractivity contribution in [1.82, 2.24) is 5.32 Å². The summed E-state index contributed by atoms with van der Waals surface area (Å²) >= 11 is 0. The van der Waals surface area contributed by atoms with Crippen LogP contribution in [0.4, 0.5) is 26.3 Å². The predicted octanol–water partition coefficient (Wildman–Crippen LogP) is 3.00. The molecule has 1 aromatic rings. The Morgan fingerprint density at radius 1 is 1.08 bits per heavy atom. The molecule has 1 rings (SSSR count). The molecule has 0 spiro atoms. The topological polar surface area (TPSA) is 96.0 Å². The van der Waals surface area contributed by atoms with Crippen LogP contribution in [0.2, 0.25) is 0 Å². The summed E-state index contributed by atoms with van der Waals surface area (Å²) in [6.45, 7) is 0. The average Bonchev–Trinajstić information content (AvgIpc) is 2.51. The summed E-state index contributed by atoms with van der Waals surface area (Å²) in [6, 6.07) is 0.827. The lowest BCUT2D eigenvalue weighted by atomic mass is 10.0. The molecule has 0 aromatic heterocycles. The Kier molecular flexibility index (Phi) is 6.60.